The van der Waals surface area contributed by atoms with Crippen molar-refractivity contribution in [3.05, 3.63) is 58.6 Å². The van der Waals surface area contributed by atoms with E-state index in [1.54, 1.807) is 24.3 Å². The van der Waals surface area contributed by atoms with Crippen LogP contribution in [0.1, 0.15) is 11.5 Å². The lowest BCUT2D eigenvalue weighted by Crippen LogP contribution is -2.29. The molecule has 1 N–H and O–H groups in total. The van der Waals surface area contributed by atoms with E-state index in [2.05, 4.69) is 15.9 Å². The molecule has 0 fully saturated rings. The number of benzene rings is 1. The van der Waals surface area contributed by atoms with Crippen LogP contribution < -0.4 is 0 Å². The van der Waals surface area contributed by atoms with Gasteiger partial charge in [0.1, 0.15) is 0 Å². The Kier molecular flexibility index (Phi) is 2.76. The fourth-order valence-electron chi connectivity index (χ4n) is 1.66. The summed E-state index contributed by atoms with van der Waals surface area (Å²) in [6.45, 7) is 0. The van der Waals surface area contributed by atoms with Crippen LogP contribution in [0.2, 0.25) is 0 Å². The fraction of sp³-hybridized carbons (Fsp3) is 0.167. The third-order valence-corrected chi connectivity index (χ3v) is 2.88. The van der Waals surface area contributed by atoms with E-state index in [4.69, 9.17) is 0 Å². The van der Waals surface area contributed by atoms with Crippen molar-refractivity contribution in [3.63, 3.8) is 0 Å². The van der Waals surface area contributed by atoms with Gasteiger partial charge in [-0.3, -0.25) is 0 Å². The fourth-order valence-corrected chi connectivity index (χ4v) is 2.13. The molecule has 0 saturated carbocycles. The molecule has 1 aliphatic carbocycles. The van der Waals surface area contributed by atoms with E-state index in [0.717, 1.165) is 5.56 Å². The number of alkyl halides is 1. The molecular weight excluding hydrogens is 259 g/mol. The van der Waals surface area contributed by atoms with Crippen LogP contribution in [0.5, 0.6) is 0 Å². The molecule has 0 radical (unpaired) electrons. The van der Waals surface area contributed by atoms with Gasteiger partial charge in [0, 0.05) is 4.48 Å². The predicted molar refractivity (Wildman–Crippen MR) is 61.4 cm³/mol. The highest BCUT2D eigenvalue weighted by atomic mass is 79.9. The molecule has 0 bridgehead atoms. The third-order valence-electron chi connectivity index (χ3n) is 2.38. The van der Waals surface area contributed by atoms with Crippen LogP contribution in [0.4, 0.5) is 4.39 Å². The number of rotatable bonds is 1. The number of allylic oxidation sites excluding steroid dienone is 2. The Hall–Kier alpha value is -0.930. The Labute approximate surface area is 96.1 Å². The number of hydrogen-bond donors (Lipinski definition) is 1. The quantitative estimate of drug-likeness (QED) is 0.829. The van der Waals surface area contributed by atoms with E-state index >= 15 is 0 Å². The van der Waals surface area contributed by atoms with E-state index in [0.29, 0.717) is 4.48 Å². The first-order valence-electron chi connectivity index (χ1n) is 4.62. The van der Waals surface area contributed by atoms with Crippen LogP contribution in [0, 0.1) is 0 Å². The molecule has 2 rings (SSSR count). The summed E-state index contributed by atoms with van der Waals surface area (Å²) >= 11 is 3.14. The Morgan fingerprint density at radius 1 is 1.27 bits per heavy atom. The van der Waals surface area contributed by atoms with Gasteiger partial charge in [-0.25, -0.2) is 4.39 Å². The van der Waals surface area contributed by atoms with Crippen LogP contribution >= 0.6 is 15.9 Å². The third kappa shape index (κ3) is 2.19. The molecule has 2 unspecified atom stereocenters. The highest BCUT2D eigenvalue weighted by Crippen LogP contribution is 2.37. The monoisotopic (exact) mass is 268 g/mol. The van der Waals surface area contributed by atoms with E-state index in [-0.39, 0.29) is 0 Å². The molecule has 0 aromatic heterocycles. The highest BCUT2D eigenvalue weighted by molar-refractivity contribution is 9.11. The second-order valence-electron chi connectivity index (χ2n) is 3.50. The SMILES string of the molecule is OC1(F)C=C(Br)C=CC1c1ccccc1. The highest BCUT2D eigenvalue weighted by Gasteiger charge is 2.36. The maximum absolute atomic E-state index is 13.9. The maximum atomic E-state index is 13.9. The summed E-state index contributed by atoms with van der Waals surface area (Å²) in [7, 11) is 0. The maximum Gasteiger partial charge on any atom is 0.237 e. The second kappa shape index (κ2) is 3.91. The smallest absolute Gasteiger partial charge is 0.237 e. The molecular formula is C12H10BrFO. The van der Waals surface area contributed by atoms with Gasteiger partial charge in [-0.15, -0.1) is 0 Å². The molecule has 0 heterocycles. The number of aliphatic hydroxyl groups is 1. The van der Waals surface area contributed by atoms with Gasteiger partial charge < -0.3 is 5.11 Å². The van der Waals surface area contributed by atoms with Gasteiger partial charge in [0.15, 0.2) is 0 Å². The Morgan fingerprint density at radius 2 is 1.93 bits per heavy atom. The first kappa shape index (κ1) is 10.6. The minimum absolute atomic E-state index is 0.555. The zero-order valence-corrected chi connectivity index (χ0v) is 9.49. The zero-order chi connectivity index (χ0) is 10.9. The van der Waals surface area contributed by atoms with Gasteiger partial charge in [0.05, 0.1) is 5.92 Å². The lowest BCUT2D eigenvalue weighted by molar-refractivity contribution is -0.0542. The van der Waals surface area contributed by atoms with Crippen LogP contribution in [-0.4, -0.2) is 11.0 Å². The normalized spacial score (nSPS) is 30.1. The Balaban J connectivity index is 2.37. The second-order valence-corrected chi connectivity index (χ2v) is 4.42. The van der Waals surface area contributed by atoms with Crippen molar-refractivity contribution in [1.29, 1.82) is 0 Å². The van der Waals surface area contributed by atoms with Gasteiger partial charge in [-0.05, 0) is 11.6 Å². The Bertz CT molecular complexity index is 409. The van der Waals surface area contributed by atoms with Crippen LogP contribution in [0.3, 0.4) is 0 Å². The molecule has 1 nitrogen and oxygen atoms in total. The molecule has 2 atom stereocenters. The summed E-state index contributed by atoms with van der Waals surface area (Å²) in [5.41, 5.74) is 0.759. The van der Waals surface area contributed by atoms with Gasteiger partial charge in [-0.2, -0.15) is 0 Å². The van der Waals surface area contributed by atoms with Crippen molar-refractivity contribution >= 4 is 15.9 Å². The topological polar surface area (TPSA) is 20.2 Å². The molecule has 0 spiro atoms. The van der Waals surface area contributed by atoms with Crippen LogP contribution in [0.25, 0.3) is 0 Å². The van der Waals surface area contributed by atoms with Crippen LogP contribution in [-0.2, 0) is 0 Å². The van der Waals surface area contributed by atoms with Crippen LogP contribution in [0.15, 0.2) is 53.0 Å². The summed E-state index contributed by atoms with van der Waals surface area (Å²) < 4.78 is 14.4. The minimum atomic E-state index is -2.32. The van der Waals surface area contributed by atoms with Crippen molar-refractivity contribution in [2.75, 3.05) is 0 Å². The van der Waals surface area contributed by atoms with Crippen molar-refractivity contribution in [1.82, 2.24) is 0 Å². The van der Waals surface area contributed by atoms with Gasteiger partial charge in [0.25, 0.3) is 0 Å². The van der Waals surface area contributed by atoms with Gasteiger partial charge in [-0.1, -0.05) is 58.4 Å². The van der Waals surface area contributed by atoms with Crippen molar-refractivity contribution in [2.24, 2.45) is 0 Å². The average molecular weight is 269 g/mol. The number of halogens is 2. The molecule has 0 aliphatic heterocycles. The molecule has 0 amide bonds. The summed E-state index contributed by atoms with van der Waals surface area (Å²) in [5, 5.41) is 9.63. The standard InChI is InChI=1S/C12H10BrFO/c13-10-6-7-11(12(14,15)8-10)9-4-2-1-3-5-9/h1-8,11,15H. The molecule has 15 heavy (non-hydrogen) atoms. The van der Waals surface area contributed by atoms with Crippen molar-refractivity contribution < 1.29 is 9.50 Å². The molecule has 78 valence electrons. The first-order valence-corrected chi connectivity index (χ1v) is 5.42. The minimum Gasteiger partial charge on any atom is -0.358 e. The largest absolute Gasteiger partial charge is 0.358 e. The summed E-state index contributed by atoms with van der Waals surface area (Å²) in [4.78, 5) is 0. The Morgan fingerprint density at radius 3 is 2.53 bits per heavy atom. The summed E-state index contributed by atoms with van der Waals surface area (Å²) in [5.74, 6) is -2.96. The van der Waals surface area contributed by atoms with E-state index in [9.17, 15) is 9.50 Å². The average Bonchev–Trinajstić information content (AvgIpc) is 2.17. The predicted octanol–water partition coefficient (Wildman–Crippen LogP) is 3.28. The van der Waals surface area contributed by atoms with E-state index < -0.39 is 11.8 Å². The lowest BCUT2D eigenvalue weighted by atomic mass is 9.88. The van der Waals surface area contributed by atoms with E-state index in [1.165, 1.54) is 6.08 Å². The molecule has 3 heteroatoms. The summed E-state index contributed by atoms with van der Waals surface area (Å²) in [6, 6.07) is 9.11. The van der Waals surface area contributed by atoms with E-state index in [1.807, 2.05) is 18.2 Å². The van der Waals surface area contributed by atoms with Crippen molar-refractivity contribution in [3.8, 4) is 0 Å². The van der Waals surface area contributed by atoms with Gasteiger partial charge >= 0.3 is 0 Å². The summed E-state index contributed by atoms with van der Waals surface area (Å²) in [6.07, 6.45) is 4.57. The molecule has 1 aromatic carbocycles. The van der Waals surface area contributed by atoms with Gasteiger partial charge in [0.2, 0.25) is 5.85 Å². The molecule has 0 saturated heterocycles. The number of hydrogen-bond acceptors (Lipinski definition) is 1. The first-order chi connectivity index (χ1) is 7.09. The molecule has 1 aliphatic rings. The van der Waals surface area contributed by atoms with Crippen molar-refractivity contribution in [2.45, 2.75) is 11.8 Å². The molecule has 1 aromatic rings. The lowest BCUT2D eigenvalue weighted by Gasteiger charge is -2.27. The zero-order valence-electron chi connectivity index (χ0n) is 7.90.